The number of benzene rings is 1. The van der Waals surface area contributed by atoms with Crippen LogP contribution in [0.25, 0.3) is 22.4 Å². The molecule has 0 amide bonds. The Morgan fingerprint density at radius 3 is 2.46 bits per heavy atom. The molecule has 0 aliphatic rings. The molecule has 1 N–H and O–H groups in total. The van der Waals surface area contributed by atoms with Gasteiger partial charge in [0.2, 0.25) is 5.95 Å². The van der Waals surface area contributed by atoms with E-state index in [0.29, 0.717) is 5.95 Å². The maximum atomic E-state index is 13.4. The van der Waals surface area contributed by atoms with Crippen LogP contribution in [0, 0.1) is 5.82 Å². The van der Waals surface area contributed by atoms with Crippen molar-refractivity contribution in [3.05, 3.63) is 79.5 Å². The van der Waals surface area contributed by atoms with Gasteiger partial charge in [0.25, 0.3) is 0 Å². The van der Waals surface area contributed by atoms with Crippen LogP contribution in [0.2, 0.25) is 0 Å². The second-order valence-electron chi connectivity index (χ2n) is 6.28. The molecular weight excluding hydrogens is 355 g/mol. The molecule has 4 aromatic rings. The van der Waals surface area contributed by atoms with E-state index in [9.17, 15) is 4.39 Å². The number of hydrogen-bond acceptors (Lipinski definition) is 5. The highest BCUT2D eigenvalue weighted by Crippen LogP contribution is 2.31. The number of rotatable bonds is 6. The smallest absolute Gasteiger partial charge is 0.224 e. The highest BCUT2D eigenvalue weighted by atomic mass is 19.1. The number of nitrogens with one attached hydrogen (secondary N) is 1. The Bertz CT molecular complexity index is 1030. The van der Waals surface area contributed by atoms with Crippen LogP contribution in [0.1, 0.15) is 19.5 Å². The summed E-state index contributed by atoms with van der Waals surface area (Å²) >= 11 is 0. The Morgan fingerprint density at radius 1 is 1.00 bits per heavy atom. The predicted molar refractivity (Wildman–Crippen MR) is 106 cm³/mol. The molecular formula is C21H19FN6. The third-order valence-electron chi connectivity index (χ3n) is 4.46. The zero-order chi connectivity index (χ0) is 19.3. The molecule has 0 saturated heterocycles. The van der Waals surface area contributed by atoms with Gasteiger partial charge in [-0.25, -0.2) is 19.3 Å². The van der Waals surface area contributed by atoms with E-state index in [0.717, 1.165) is 28.8 Å². The van der Waals surface area contributed by atoms with Crippen molar-refractivity contribution in [2.45, 2.75) is 19.5 Å². The van der Waals surface area contributed by atoms with E-state index in [1.54, 1.807) is 43.2 Å². The number of pyridine rings is 1. The maximum Gasteiger partial charge on any atom is 0.224 e. The monoisotopic (exact) mass is 374 g/mol. The Balaban J connectivity index is 1.75. The zero-order valence-electron chi connectivity index (χ0n) is 15.3. The largest absolute Gasteiger partial charge is 0.334 e. The van der Waals surface area contributed by atoms with Gasteiger partial charge in [0.15, 0.2) is 0 Å². The Morgan fingerprint density at radius 2 is 1.79 bits per heavy atom. The quantitative estimate of drug-likeness (QED) is 0.536. The summed E-state index contributed by atoms with van der Waals surface area (Å²) in [7, 11) is 0. The molecule has 0 aliphatic heterocycles. The highest BCUT2D eigenvalue weighted by molar-refractivity contribution is 5.80. The normalized spacial score (nSPS) is 11.9. The fourth-order valence-electron chi connectivity index (χ4n) is 3.01. The summed E-state index contributed by atoms with van der Waals surface area (Å²) in [4.78, 5) is 17.4. The molecule has 1 aromatic carbocycles. The molecule has 0 spiro atoms. The second kappa shape index (κ2) is 7.96. The summed E-state index contributed by atoms with van der Waals surface area (Å²) < 4.78 is 15.3. The van der Waals surface area contributed by atoms with Crippen molar-refractivity contribution in [2.24, 2.45) is 0 Å². The predicted octanol–water partition coefficient (Wildman–Crippen LogP) is 4.56. The van der Waals surface area contributed by atoms with Gasteiger partial charge in [0, 0.05) is 42.1 Å². The summed E-state index contributed by atoms with van der Waals surface area (Å²) in [5.74, 6) is 0.234. The van der Waals surface area contributed by atoms with E-state index < -0.39 is 0 Å². The van der Waals surface area contributed by atoms with Gasteiger partial charge in [-0.1, -0.05) is 19.1 Å². The molecule has 3 aromatic heterocycles. The fourth-order valence-corrected chi connectivity index (χ4v) is 3.01. The summed E-state index contributed by atoms with van der Waals surface area (Å²) in [5, 5.41) is 3.35. The maximum absolute atomic E-state index is 13.4. The first-order valence-corrected chi connectivity index (χ1v) is 9.02. The molecule has 0 saturated carbocycles. The SMILES string of the molecule is CCC(Nc1ncc(-c2ccc(F)cc2)c(-c2ccncc2)n1)n1ccnc1. The van der Waals surface area contributed by atoms with Crippen LogP contribution in [-0.2, 0) is 0 Å². The number of halogens is 1. The summed E-state index contributed by atoms with van der Waals surface area (Å²) in [6, 6.07) is 10.1. The molecule has 6 nitrogen and oxygen atoms in total. The standard InChI is InChI=1S/C21H19FN6/c1-2-19(28-12-11-24-14-28)26-21-25-13-18(15-3-5-17(22)6-4-15)20(27-21)16-7-9-23-10-8-16/h3-14,19H,2H2,1H3,(H,25,26,27). The molecule has 140 valence electrons. The molecule has 3 heterocycles. The molecule has 0 aliphatic carbocycles. The van der Waals surface area contributed by atoms with Crippen LogP contribution in [-0.4, -0.2) is 24.5 Å². The van der Waals surface area contributed by atoms with E-state index in [1.165, 1.54) is 12.1 Å². The minimum Gasteiger partial charge on any atom is -0.334 e. The Hall–Kier alpha value is -3.61. The van der Waals surface area contributed by atoms with E-state index >= 15 is 0 Å². The van der Waals surface area contributed by atoms with E-state index in [4.69, 9.17) is 4.98 Å². The molecule has 28 heavy (non-hydrogen) atoms. The average Bonchev–Trinajstić information content (AvgIpc) is 3.28. The fraction of sp³-hybridized carbons (Fsp3) is 0.143. The van der Waals surface area contributed by atoms with Crippen LogP contribution in [0.4, 0.5) is 10.3 Å². The number of hydrogen-bond donors (Lipinski definition) is 1. The van der Waals surface area contributed by atoms with Gasteiger partial charge in [-0.2, -0.15) is 0 Å². The van der Waals surface area contributed by atoms with Gasteiger partial charge in [-0.3, -0.25) is 4.98 Å². The second-order valence-corrected chi connectivity index (χ2v) is 6.28. The molecule has 0 radical (unpaired) electrons. The first kappa shape index (κ1) is 17.8. The van der Waals surface area contributed by atoms with Crippen LogP contribution >= 0.6 is 0 Å². The number of aromatic nitrogens is 5. The van der Waals surface area contributed by atoms with Crippen molar-refractivity contribution >= 4 is 5.95 Å². The molecule has 0 fully saturated rings. The average molecular weight is 374 g/mol. The Labute approximate surface area is 162 Å². The highest BCUT2D eigenvalue weighted by Gasteiger charge is 2.14. The van der Waals surface area contributed by atoms with Crippen LogP contribution in [0.3, 0.4) is 0 Å². The van der Waals surface area contributed by atoms with E-state index in [-0.39, 0.29) is 12.0 Å². The molecule has 1 unspecified atom stereocenters. The molecule has 7 heteroatoms. The lowest BCUT2D eigenvalue weighted by molar-refractivity contribution is 0.540. The van der Waals surface area contributed by atoms with E-state index in [2.05, 4.69) is 27.2 Å². The minimum absolute atomic E-state index is 0.00976. The van der Waals surface area contributed by atoms with Gasteiger partial charge >= 0.3 is 0 Å². The van der Waals surface area contributed by atoms with Gasteiger partial charge in [0.05, 0.1) is 12.0 Å². The van der Waals surface area contributed by atoms with Gasteiger partial charge in [0.1, 0.15) is 12.0 Å². The van der Waals surface area contributed by atoms with Crippen molar-refractivity contribution in [1.82, 2.24) is 24.5 Å². The molecule has 1 atom stereocenters. The lowest BCUT2D eigenvalue weighted by Crippen LogP contribution is -2.18. The third kappa shape index (κ3) is 3.73. The van der Waals surface area contributed by atoms with Gasteiger partial charge in [-0.15, -0.1) is 0 Å². The van der Waals surface area contributed by atoms with Crippen molar-refractivity contribution in [1.29, 1.82) is 0 Å². The van der Waals surface area contributed by atoms with Gasteiger partial charge in [-0.05, 0) is 36.2 Å². The lowest BCUT2D eigenvalue weighted by atomic mass is 10.0. The van der Waals surface area contributed by atoms with Crippen LogP contribution in [0.5, 0.6) is 0 Å². The van der Waals surface area contributed by atoms with Crippen LogP contribution < -0.4 is 5.32 Å². The first-order chi connectivity index (χ1) is 13.7. The van der Waals surface area contributed by atoms with Crippen molar-refractivity contribution in [3.63, 3.8) is 0 Å². The third-order valence-corrected chi connectivity index (χ3v) is 4.46. The zero-order valence-corrected chi connectivity index (χ0v) is 15.3. The summed E-state index contributed by atoms with van der Waals surface area (Å²) in [6.07, 6.45) is 11.4. The lowest BCUT2D eigenvalue weighted by Gasteiger charge is -2.19. The summed E-state index contributed by atoms with van der Waals surface area (Å²) in [6.45, 7) is 2.08. The summed E-state index contributed by atoms with van der Waals surface area (Å²) in [5.41, 5.74) is 3.34. The number of nitrogens with zero attached hydrogens (tertiary/aromatic N) is 5. The van der Waals surface area contributed by atoms with E-state index in [1.807, 2.05) is 22.9 Å². The van der Waals surface area contributed by atoms with Gasteiger partial charge < -0.3 is 9.88 Å². The minimum atomic E-state index is -0.278. The van der Waals surface area contributed by atoms with Crippen molar-refractivity contribution in [2.75, 3.05) is 5.32 Å². The Kier molecular flexibility index (Phi) is 5.05. The first-order valence-electron chi connectivity index (χ1n) is 9.02. The van der Waals surface area contributed by atoms with Crippen LogP contribution in [0.15, 0.2) is 73.7 Å². The number of anilines is 1. The molecule has 4 rings (SSSR count). The van der Waals surface area contributed by atoms with Crippen molar-refractivity contribution < 1.29 is 4.39 Å². The van der Waals surface area contributed by atoms with Crippen molar-refractivity contribution in [3.8, 4) is 22.4 Å². The number of imidazole rings is 1. The molecule has 0 bridgehead atoms. The topological polar surface area (TPSA) is 68.5 Å².